The van der Waals surface area contributed by atoms with Gasteiger partial charge in [0.15, 0.2) is 0 Å². The molecule has 0 saturated carbocycles. The first-order valence-corrected chi connectivity index (χ1v) is 7.25. The molecule has 1 aliphatic rings. The molecule has 0 aliphatic carbocycles. The van der Waals surface area contributed by atoms with Crippen LogP contribution >= 0.6 is 0 Å². The number of hydrogen-bond donors (Lipinski definition) is 1. The van der Waals surface area contributed by atoms with Gasteiger partial charge in [-0.2, -0.15) is 0 Å². The molecule has 0 aromatic rings. The van der Waals surface area contributed by atoms with Crippen molar-refractivity contribution in [1.82, 2.24) is 15.1 Å². The van der Waals surface area contributed by atoms with E-state index in [1.165, 1.54) is 26.1 Å². The molecule has 17 heavy (non-hydrogen) atoms. The van der Waals surface area contributed by atoms with E-state index in [1.807, 2.05) is 0 Å². The van der Waals surface area contributed by atoms with Crippen molar-refractivity contribution in [2.45, 2.75) is 46.2 Å². The minimum absolute atomic E-state index is 0.692. The molecule has 0 bridgehead atoms. The summed E-state index contributed by atoms with van der Waals surface area (Å²) < 4.78 is 0. The summed E-state index contributed by atoms with van der Waals surface area (Å²) in [5.41, 5.74) is 0. The molecule has 3 nitrogen and oxygen atoms in total. The van der Waals surface area contributed by atoms with Crippen LogP contribution in [0.15, 0.2) is 0 Å². The number of likely N-dealkylation sites (N-methyl/N-ethyl adjacent to an activating group) is 2. The lowest BCUT2D eigenvalue weighted by atomic mass is 9.99. The Kier molecular flexibility index (Phi) is 6.45. The molecule has 2 unspecified atom stereocenters. The molecule has 1 fully saturated rings. The van der Waals surface area contributed by atoms with Gasteiger partial charge in [0.1, 0.15) is 0 Å². The van der Waals surface area contributed by atoms with Gasteiger partial charge in [0, 0.05) is 38.3 Å². The second-order valence-electron chi connectivity index (χ2n) is 5.66. The summed E-state index contributed by atoms with van der Waals surface area (Å²) in [6, 6.07) is 1.43. The zero-order valence-electron chi connectivity index (χ0n) is 12.4. The Labute approximate surface area is 108 Å². The molecule has 1 N–H and O–H groups in total. The fourth-order valence-corrected chi connectivity index (χ4v) is 2.79. The van der Waals surface area contributed by atoms with Crippen molar-refractivity contribution < 1.29 is 0 Å². The minimum Gasteiger partial charge on any atom is -0.315 e. The molecule has 1 heterocycles. The Balaban J connectivity index is 2.55. The fraction of sp³-hybridized carbons (Fsp3) is 1.00. The van der Waals surface area contributed by atoms with Crippen molar-refractivity contribution in [2.24, 2.45) is 5.92 Å². The van der Waals surface area contributed by atoms with E-state index in [0.29, 0.717) is 6.04 Å². The Bertz CT molecular complexity index is 206. The molecule has 102 valence electrons. The molecule has 1 aliphatic heterocycles. The average molecular weight is 241 g/mol. The van der Waals surface area contributed by atoms with Gasteiger partial charge in [-0.05, 0) is 25.9 Å². The number of hydrogen-bond acceptors (Lipinski definition) is 3. The maximum absolute atomic E-state index is 3.52. The van der Waals surface area contributed by atoms with Gasteiger partial charge < -0.3 is 10.2 Å². The third-order valence-corrected chi connectivity index (χ3v) is 4.12. The van der Waals surface area contributed by atoms with Crippen molar-refractivity contribution in [1.29, 1.82) is 0 Å². The molecule has 0 aromatic heterocycles. The highest BCUT2D eigenvalue weighted by atomic mass is 15.3. The van der Waals surface area contributed by atoms with E-state index in [4.69, 9.17) is 0 Å². The molecule has 0 aromatic carbocycles. The summed E-state index contributed by atoms with van der Waals surface area (Å²) in [7, 11) is 2.26. The first-order chi connectivity index (χ1) is 8.10. The van der Waals surface area contributed by atoms with Crippen LogP contribution in [0.1, 0.15) is 34.1 Å². The van der Waals surface area contributed by atoms with E-state index in [-0.39, 0.29) is 0 Å². The van der Waals surface area contributed by atoms with Crippen LogP contribution in [0.5, 0.6) is 0 Å². The normalized spacial score (nSPS) is 25.4. The molecular weight excluding hydrogens is 210 g/mol. The van der Waals surface area contributed by atoms with Gasteiger partial charge in [0.05, 0.1) is 0 Å². The van der Waals surface area contributed by atoms with Crippen LogP contribution in [-0.2, 0) is 0 Å². The van der Waals surface area contributed by atoms with Crippen molar-refractivity contribution >= 4 is 0 Å². The summed E-state index contributed by atoms with van der Waals surface area (Å²) in [6.07, 6.45) is 1.26. The smallest absolute Gasteiger partial charge is 0.0244 e. The van der Waals surface area contributed by atoms with Crippen LogP contribution in [0.25, 0.3) is 0 Å². The zero-order valence-corrected chi connectivity index (χ0v) is 12.4. The quantitative estimate of drug-likeness (QED) is 0.763. The summed E-state index contributed by atoms with van der Waals surface area (Å²) in [5, 5.41) is 3.52. The van der Waals surface area contributed by atoms with E-state index >= 15 is 0 Å². The third-order valence-electron chi connectivity index (χ3n) is 4.12. The number of nitrogens with one attached hydrogen (secondary N) is 1. The first-order valence-electron chi connectivity index (χ1n) is 7.25. The highest BCUT2D eigenvalue weighted by Gasteiger charge is 2.29. The van der Waals surface area contributed by atoms with Crippen molar-refractivity contribution in [3.8, 4) is 0 Å². The van der Waals surface area contributed by atoms with Gasteiger partial charge in [-0.1, -0.05) is 27.7 Å². The van der Waals surface area contributed by atoms with Crippen molar-refractivity contribution in [2.75, 3.05) is 39.8 Å². The second-order valence-corrected chi connectivity index (χ2v) is 5.66. The maximum Gasteiger partial charge on any atom is 0.0244 e. The van der Waals surface area contributed by atoms with Crippen LogP contribution in [0.2, 0.25) is 0 Å². The lowest BCUT2D eigenvalue weighted by Crippen LogP contribution is -2.57. The monoisotopic (exact) mass is 241 g/mol. The van der Waals surface area contributed by atoms with Crippen molar-refractivity contribution in [3.05, 3.63) is 0 Å². The zero-order chi connectivity index (χ0) is 12.8. The molecule has 1 saturated heterocycles. The molecular formula is C14H31N3. The highest BCUT2D eigenvalue weighted by Crippen LogP contribution is 2.17. The standard InChI is InChI=1S/C14H31N3/c1-6-13-11-17(9-8-16(13)5)14(12(3)4)10-15-7-2/h12-15H,6-11H2,1-5H3. The molecule has 1 rings (SSSR count). The number of nitrogens with zero attached hydrogens (tertiary/aromatic N) is 2. The van der Waals surface area contributed by atoms with Crippen LogP contribution < -0.4 is 5.32 Å². The first kappa shape index (κ1) is 14.9. The summed E-state index contributed by atoms with van der Waals surface area (Å²) in [5.74, 6) is 0.731. The van der Waals surface area contributed by atoms with E-state index < -0.39 is 0 Å². The van der Waals surface area contributed by atoms with Gasteiger partial charge in [-0.15, -0.1) is 0 Å². The highest BCUT2D eigenvalue weighted by molar-refractivity contribution is 4.85. The van der Waals surface area contributed by atoms with Gasteiger partial charge in [-0.25, -0.2) is 0 Å². The van der Waals surface area contributed by atoms with E-state index in [9.17, 15) is 0 Å². The second kappa shape index (κ2) is 7.34. The minimum atomic E-state index is 0.692. The molecule has 0 amide bonds. The topological polar surface area (TPSA) is 18.5 Å². The fourth-order valence-electron chi connectivity index (χ4n) is 2.79. The number of rotatable bonds is 6. The summed E-state index contributed by atoms with van der Waals surface area (Å²) >= 11 is 0. The maximum atomic E-state index is 3.52. The van der Waals surface area contributed by atoms with Gasteiger partial charge in [0.2, 0.25) is 0 Å². The Morgan fingerprint density at radius 1 is 1.24 bits per heavy atom. The Hall–Kier alpha value is -0.120. The Morgan fingerprint density at radius 3 is 2.47 bits per heavy atom. The number of piperazine rings is 1. The van der Waals surface area contributed by atoms with Gasteiger partial charge in [0.25, 0.3) is 0 Å². The average Bonchev–Trinajstić information content (AvgIpc) is 2.31. The van der Waals surface area contributed by atoms with Crippen LogP contribution in [-0.4, -0.2) is 61.7 Å². The van der Waals surface area contributed by atoms with Gasteiger partial charge >= 0.3 is 0 Å². The Morgan fingerprint density at radius 2 is 1.94 bits per heavy atom. The predicted molar refractivity (Wildman–Crippen MR) is 75.5 cm³/mol. The van der Waals surface area contributed by atoms with E-state index in [0.717, 1.165) is 25.0 Å². The van der Waals surface area contributed by atoms with Crippen LogP contribution in [0, 0.1) is 5.92 Å². The molecule has 0 radical (unpaired) electrons. The van der Waals surface area contributed by atoms with Crippen LogP contribution in [0.3, 0.4) is 0 Å². The van der Waals surface area contributed by atoms with E-state index in [2.05, 4.69) is 49.9 Å². The summed E-state index contributed by atoms with van der Waals surface area (Å²) in [6.45, 7) is 15.1. The lowest BCUT2D eigenvalue weighted by Gasteiger charge is -2.44. The molecule has 0 spiro atoms. The van der Waals surface area contributed by atoms with E-state index in [1.54, 1.807) is 0 Å². The SMILES string of the molecule is CCNCC(C(C)C)N1CCN(C)C(CC)C1. The van der Waals surface area contributed by atoms with Crippen molar-refractivity contribution in [3.63, 3.8) is 0 Å². The summed E-state index contributed by atoms with van der Waals surface area (Å²) in [4.78, 5) is 5.21. The molecule has 3 heteroatoms. The third kappa shape index (κ3) is 4.23. The molecule has 2 atom stereocenters. The lowest BCUT2D eigenvalue weighted by molar-refractivity contribution is 0.0467. The largest absolute Gasteiger partial charge is 0.315 e. The van der Waals surface area contributed by atoms with Gasteiger partial charge in [-0.3, -0.25) is 4.90 Å². The predicted octanol–water partition coefficient (Wildman–Crippen LogP) is 1.65. The van der Waals surface area contributed by atoms with Crippen LogP contribution in [0.4, 0.5) is 0 Å².